The number of rotatable bonds is 4. The molecule has 0 spiro atoms. The second kappa shape index (κ2) is 6.67. The van der Waals surface area contributed by atoms with E-state index in [1.807, 2.05) is 54.6 Å². The van der Waals surface area contributed by atoms with Crippen molar-refractivity contribution in [2.24, 2.45) is 0 Å². The third kappa shape index (κ3) is 3.60. The van der Waals surface area contributed by atoms with E-state index < -0.39 is 0 Å². The van der Waals surface area contributed by atoms with Crippen LogP contribution in [0.15, 0.2) is 54.6 Å². The quantitative estimate of drug-likeness (QED) is 0.239. The summed E-state index contributed by atoms with van der Waals surface area (Å²) in [6.07, 6.45) is 1.46. The number of pyridine rings is 1. The molecule has 0 bridgehead atoms. The smallest absolute Gasteiger partial charge is 0.185 e. The predicted molar refractivity (Wildman–Crippen MR) is 92.2 cm³/mol. The van der Waals surface area contributed by atoms with Crippen molar-refractivity contribution in [3.63, 3.8) is 0 Å². The molecular formula is C18H15ClN2O2. The van der Waals surface area contributed by atoms with Gasteiger partial charge in [0.25, 0.3) is 0 Å². The topological polar surface area (TPSA) is 48.2 Å². The summed E-state index contributed by atoms with van der Waals surface area (Å²) < 4.78 is 6.03. The highest BCUT2D eigenvalue weighted by molar-refractivity contribution is 6.32. The Morgan fingerprint density at radius 3 is 2.70 bits per heavy atom. The van der Waals surface area contributed by atoms with Crippen LogP contribution in [0.5, 0.6) is 5.75 Å². The van der Waals surface area contributed by atoms with Gasteiger partial charge in [-0.2, -0.15) is 0 Å². The van der Waals surface area contributed by atoms with E-state index in [9.17, 15) is 5.21 Å². The Hall–Kier alpha value is -2.59. The van der Waals surface area contributed by atoms with Crippen LogP contribution in [0.1, 0.15) is 11.1 Å². The third-order valence-corrected chi connectivity index (χ3v) is 3.77. The molecule has 4 nitrogen and oxygen atoms in total. The third-order valence-electron chi connectivity index (χ3n) is 3.47. The van der Waals surface area contributed by atoms with E-state index in [1.54, 1.807) is 7.11 Å². The minimum Gasteiger partial charge on any atom is -0.624 e. The Kier molecular flexibility index (Phi) is 4.44. The van der Waals surface area contributed by atoms with Gasteiger partial charge in [0, 0.05) is 17.0 Å². The second-order valence-electron chi connectivity index (χ2n) is 5.12. The molecule has 1 heterocycles. The van der Waals surface area contributed by atoms with Crippen LogP contribution in [0.4, 0.5) is 0 Å². The largest absolute Gasteiger partial charge is 0.624 e. The first kappa shape index (κ1) is 15.3. The van der Waals surface area contributed by atoms with E-state index in [1.165, 1.54) is 6.21 Å². The summed E-state index contributed by atoms with van der Waals surface area (Å²) in [5.74, 6) is 0.715. The molecule has 0 aliphatic carbocycles. The Bertz CT molecular complexity index is 864. The minimum atomic E-state index is 0.262. The summed E-state index contributed by atoms with van der Waals surface area (Å²) in [6.45, 7) is 0.262. The Morgan fingerprint density at radius 2 is 1.96 bits per heavy atom. The first-order chi connectivity index (χ1) is 11.2. The van der Waals surface area contributed by atoms with E-state index in [4.69, 9.17) is 16.3 Å². The molecule has 116 valence electrons. The summed E-state index contributed by atoms with van der Waals surface area (Å²) >= 11 is 6.20. The van der Waals surface area contributed by atoms with Crippen molar-refractivity contribution in [2.45, 2.75) is 6.54 Å². The summed E-state index contributed by atoms with van der Waals surface area (Å²) in [5, 5.41) is 13.3. The second-order valence-corrected chi connectivity index (χ2v) is 5.47. The zero-order valence-electron chi connectivity index (χ0n) is 12.6. The fraction of sp³-hybridized carbons (Fsp3) is 0.111. The molecule has 3 rings (SSSR count). The highest BCUT2D eigenvalue weighted by Gasteiger charge is 2.08. The van der Waals surface area contributed by atoms with Crippen molar-refractivity contribution in [1.29, 1.82) is 0 Å². The van der Waals surface area contributed by atoms with Crippen molar-refractivity contribution in [3.05, 3.63) is 76.1 Å². The lowest BCUT2D eigenvalue weighted by Crippen LogP contribution is -2.06. The lowest BCUT2D eigenvalue weighted by atomic mass is 10.1. The Labute approximate surface area is 139 Å². The normalized spacial score (nSPS) is 11.7. The maximum atomic E-state index is 12.1. The molecule has 0 N–H and O–H groups in total. The summed E-state index contributed by atoms with van der Waals surface area (Å²) in [6, 6.07) is 16.9. The summed E-state index contributed by atoms with van der Waals surface area (Å²) in [4.78, 5) is 4.33. The van der Waals surface area contributed by atoms with Crippen molar-refractivity contribution in [3.8, 4) is 5.75 Å². The van der Waals surface area contributed by atoms with Crippen molar-refractivity contribution < 1.29 is 9.48 Å². The molecular weight excluding hydrogens is 312 g/mol. The molecule has 5 heteroatoms. The number of aromatic nitrogens is 1. The number of benzene rings is 2. The number of nitrogens with zero attached hydrogens (tertiary/aromatic N) is 2. The summed E-state index contributed by atoms with van der Waals surface area (Å²) in [5.41, 5.74) is 2.26. The number of hydrogen-bond acceptors (Lipinski definition) is 3. The SMILES string of the molecule is COc1ccc2cc(/C=[N+](\[O-])Cc3ccccc3)c(Cl)nc2c1. The van der Waals surface area contributed by atoms with Crippen LogP contribution in [0.2, 0.25) is 5.15 Å². The van der Waals surface area contributed by atoms with Crippen LogP contribution in [0, 0.1) is 5.21 Å². The molecule has 0 fully saturated rings. The number of hydrogen-bond donors (Lipinski definition) is 0. The van der Waals surface area contributed by atoms with E-state index in [-0.39, 0.29) is 6.54 Å². The number of fused-ring (bicyclic) bond motifs is 1. The average molecular weight is 327 g/mol. The van der Waals surface area contributed by atoms with E-state index in [2.05, 4.69) is 4.98 Å². The molecule has 0 atom stereocenters. The predicted octanol–water partition coefficient (Wildman–Crippen LogP) is 4.03. The molecule has 0 unspecified atom stereocenters. The molecule has 0 radical (unpaired) electrons. The van der Waals surface area contributed by atoms with E-state index in [0.29, 0.717) is 16.5 Å². The van der Waals surface area contributed by atoms with Gasteiger partial charge in [-0.3, -0.25) is 0 Å². The fourth-order valence-corrected chi connectivity index (χ4v) is 2.52. The lowest BCUT2D eigenvalue weighted by Gasteiger charge is -2.06. The Morgan fingerprint density at radius 1 is 1.17 bits per heavy atom. The van der Waals surface area contributed by atoms with Gasteiger partial charge in [0.05, 0.1) is 18.2 Å². The lowest BCUT2D eigenvalue weighted by molar-refractivity contribution is -0.469. The molecule has 0 saturated heterocycles. The fourth-order valence-electron chi connectivity index (χ4n) is 2.32. The molecule has 0 aliphatic rings. The molecule has 1 aromatic heterocycles. The Balaban J connectivity index is 1.93. The molecule has 0 saturated carbocycles. The van der Waals surface area contributed by atoms with Crippen molar-refractivity contribution >= 4 is 28.7 Å². The van der Waals surface area contributed by atoms with Gasteiger partial charge in [0.15, 0.2) is 12.8 Å². The van der Waals surface area contributed by atoms with Crippen LogP contribution >= 0.6 is 11.6 Å². The van der Waals surface area contributed by atoms with Gasteiger partial charge in [0.1, 0.15) is 10.9 Å². The number of hydroxylamine groups is 1. The molecule has 0 aliphatic heterocycles. The first-order valence-corrected chi connectivity index (χ1v) is 7.50. The van der Waals surface area contributed by atoms with Gasteiger partial charge < -0.3 is 9.94 Å². The number of halogens is 1. The monoisotopic (exact) mass is 326 g/mol. The van der Waals surface area contributed by atoms with Gasteiger partial charge in [-0.25, -0.2) is 9.72 Å². The maximum absolute atomic E-state index is 12.1. The van der Waals surface area contributed by atoms with Crippen LogP contribution in [-0.4, -0.2) is 23.0 Å². The van der Waals surface area contributed by atoms with Crippen LogP contribution in [-0.2, 0) is 6.54 Å². The van der Waals surface area contributed by atoms with Gasteiger partial charge >= 0.3 is 0 Å². The molecule has 3 aromatic rings. The van der Waals surface area contributed by atoms with Crippen LogP contribution < -0.4 is 4.74 Å². The standard InChI is InChI=1S/C18H15ClN2O2/c1-23-16-8-7-14-9-15(18(19)20-17(14)10-16)12-21(22)11-13-5-3-2-4-6-13/h2-10,12H,11H2,1H3/b21-12-. The van der Waals surface area contributed by atoms with Crippen LogP contribution in [0.3, 0.4) is 0 Å². The molecule has 23 heavy (non-hydrogen) atoms. The first-order valence-electron chi connectivity index (χ1n) is 7.12. The van der Waals surface area contributed by atoms with Crippen molar-refractivity contribution in [1.82, 2.24) is 4.98 Å². The zero-order valence-corrected chi connectivity index (χ0v) is 13.3. The number of methoxy groups -OCH3 is 1. The van der Waals surface area contributed by atoms with Gasteiger partial charge in [-0.15, -0.1) is 0 Å². The van der Waals surface area contributed by atoms with Crippen molar-refractivity contribution in [2.75, 3.05) is 7.11 Å². The molecule has 2 aromatic carbocycles. The van der Waals surface area contributed by atoms with Gasteiger partial charge in [0.2, 0.25) is 0 Å². The summed E-state index contributed by atoms with van der Waals surface area (Å²) in [7, 11) is 1.60. The highest BCUT2D eigenvalue weighted by Crippen LogP contribution is 2.23. The van der Waals surface area contributed by atoms with Gasteiger partial charge in [-0.05, 0) is 18.2 Å². The average Bonchev–Trinajstić information content (AvgIpc) is 2.56. The van der Waals surface area contributed by atoms with Crippen LogP contribution in [0.25, 0.3) is 10.9 Å². The highest BCUT2D eigenvalue weighted by atomic mass is 35.5. The number of ether oxygens (including phenoxy) is 1. The zero-order chi connectivity index (χ0) is 16.2. The van der Waals surface area contributed by atoms with Gasteiger partial charge in [-0.1, -0.05) is 41.9 Å². The minimum absolute atomic E-state index is 0.262. The van der Waals surface area contributed by atoms with E-state index in [0.717, 1.165) is 21.2 Å². The van der Waals surface area contributed by atoms with E-state index >= 15 is 0 Å². The maximum Gasteiger partial charge on any atom is 0.185 e. The molecule has 0 amide bonds.